The zero-order valence-corrected chi connectivity index (χ0v) is 17.4. The van der Waals surface area contributed by atoms with E-state index in [-0.39, 0.29) is 23.9 Å². The number of rotatable bonds is 5. The number of hydrogen-bond acceptors (Lipinski definition) is 4. The maximum Gasteiger partial charge on any atom is 0.338 e. The van der Waals surface area contributed by atoms with Crippen LogP contribution in [0.5, 0.6) is 0 Å². The van der Waals surface area contributed by atoms with Crippen LogP contribution in [0.15, 0.2) is 35.5 Å². The van der Waals surface area contributed by atoms with Gasteiger partial charge in [0.2, 0.25) is 5.91 Å². The van der Waals surface area contributed by atoms with Crippen LogP contribution < -0.4 is 10.6 Å². The van der Waals surface area contributed by atoms with Crippen molar-refractivity contribution in [2.75, 3.05) is 12.4 Å². The predicted molar refractivity (Wildman–Crippen MR) is 110 cm³/mol. The van der Waals surface area contributed by atoms with Crippen LogP contribution >= 0.6 is 12.2 Å². The average molecular weight is 390 g/mol. The molecule has 1 unspecified atom stereocenters. The summed E-state index contributed by atoms with van der Waals surface area (Å²) in [7, 11) is 1.81. The molecule has 0 fully saturated rings. The Labute approximate surface area is 166 Å². The van der Waals surface area contributed by atoms with E-state index in [1.807, 2.05) is 65.9 Å². The molecule has 0 aromatic heterocycles. The molecular weight excluding hydrogens is 362 g/mol. The first-order chi connectivity index (χ1) is 12.6. The minimum atomic E-state index is -0.408. The number of hydrogen-bond donors (Lipinski definition) is 2. The molecule has 1 aromatic rings. The van der Waals surface area contributed by atoms with Gasteiger partial charge in [0.25, 0.3) is 0 Å². The second kappa shape index (κ2) is 8.52. The van der Waals surface area contributed by atoms with Crippen LogP contribution in [0.3, 0.4) is 0 Å². The highest BCUT2D eigenvalue weighted by atomic mass is 32.1. The van der Waals surface area contributed by atoms with Crippen molar-refractivity contribution in [3.63, 3.8) is 0 Å². The number of benzene rings is 1. The monoisotopic (exact) mass is 389 g/mol. The number of allylic oxidation sites excluding steroid dienone is 1. The highest BCUT2D eigenvalue weighted by molar-refractivity contribution is 7.80. The number of ether oxygens (including phenoxy) is 1. The van der Waals surface area contributed by atoms with Gasteiger partial charge >= 0.3 is 5.97 Å². The number of nitrogens with zero attached hydrogens (tertiary/aromatic N) is 1. The summed E-state index contributed by atoms with van der Waals surface area (Å²) in [5.74, 6) is -0.509. The van der Waals surface area contributed by atoms with E-state index in [4.69, 9.17) is 17.0 Å². The first-order valence-electron chi connectivity index (χ1n) is 8.98. The lowest BCUT2D eigenvalue weighted by molar-refractivity contribution is -0.143. The fourth-order valence-electron chi connectivity index (χ4n) is 2.67. The quantitative estimate of drug-likeness (QED) is 0.594. The van der Waals surface area contributed by atoms with E-state index in [0.717, 1.165) is 11.3 Å². The Bertz CT molecular complexity index is 769. The Hall–Kier alpha value is -2.41. The lowest BCUT2D eigenvalue weighted by atomic mass is 9.95. The van der Waals surface area contributed by atoms with Gasteiger partial charge in [0.05, 0.1) is 17.7 Å². The third-order valence-corrected chi connectivity index (χ3v) is 4.74. The molecule has 6 nitrogen and oxygen atoms in total. The van der Waals surface area contributed by atoms with Crippen molar-refractivity contribution in [2.24, 2.45) is 5.92 Å². The largest absolute Gasteiger partial charge is 0.459 e. The fraction of sp³-hybridized carbons (Fsp3) is 0.450. The SMILES string of the molecule is CC1=C(C(=O)OC(C)C)C(c2ccc(NC(=O)C(C)C)cc2)NC(=S)N1C. The van der Waals surface area contributed by atoms with Gasteiger partial charge in [0.1, 0.15) is 0 Å². The van der Waals surface area contributed by atoms with Gasteiger partial charge in [-0.05, 0) is 50.7 Å². The van der Waals surface area contributed by atoms with Gasteiger partial charge < -0.3 is 20.3 Å². The van der Waals surface area contributed by atoms with Crippen LogP contribution in [0.2, 0.25) is 0 Å². The van der Waals surface area contributed by atoms with Crippen molar-refractivity contribution >= 4 is 34.9 Å². The molecule has 0 saturated heterocycles. The van der Waals surface area contributed by atoms with Crippen molar-refractivity contribution < 1.29 is 14.3 Å². The van der Waals surface area contributed by atoms with Gasteiger partial charge in [0.15, 0.2) is 5.11 Å². The van der Waals surface area contributed by atoms with E-state index < -0.39 is 6.04 Å². The van der Waals surface area contributed by atoms with Crippen molar-refractivity contribution in [1.29, 1.82) is 0 Å². The van der Waals surface area contributed by atoms with Crippen LogP contribution in [0.25, 0.3) is 0 Å². The van der Waals surface area contributed by atoms with Gasteiger partial charge in [-0.3, -0.25) is 4.79 Å². The molecule has 0 radical (unpaired) electrons. The Kier molecular flexibility index (Phi) is 6.59. The second-order valence-electron chi connectivity index (χ2n) is 7.16. The molecule has 1 heterocycles. The van der Waals surface area contributed by atoms with Gasteiger partial charge in [-0.25, -0.2) is 4.79 Å². The van der Waals surface area contributed by atoms with Gasteiger partial charge in [-0.2, -0.15) is 0 Å². The van der Waals surface area contributed by atoms with Gasteiger partial charge in [0, 0.05) is 24.4 Å². The molecule has 1 aliphatic rings. The van der Waals surface area contributed by atoms with E-state index in [9.17, 15) is 9.59 Å². The summed E-state index contributed by atoms with van der Waals surface area (Å²) in [6.45, 7) is 9.17. The highest BCUT2D eigenvalue weighted by Crippen LogP contribution is 2.31. The molecule has 0 bridgehead atoms. The molecule has 2 rings (SSSR count). The van der Waals surface area contributed by atoms with E-state index in [0.29, 0.717) is 16.4 Å². The summed E-state index contributed by atoms with van der Waals surface area (Å²) in [6, 6.07) is 6.98. The first kappa shape index (κ1) is 20.9. The normalized spacial score (nSPS) is 17.3. The summed E-state index contributed by atoms with van der Waals surface area (Å²) in [5.41, 5.74) is 2.85. The second-order valence-corrected chi connectivity index (χ2v) is 7.55. The number of carbonyl (C=O) groups excluding carboxylic acids is 2. The Morgan fingerprint density at radius 2 is 1.78 bits per heavy atom. The first-order valence-corrected chi connectivity index (χ1v) is 9.39. The third kappa shape index (κ3) is 4.86. The van der Waals surface area contributed by atoms with Crippen molar-refractivity contribution in [3.8, 4) is 0 Å². The number of anilines is 1. The molecule has 7 heteroatoms. The predicted octanol–water partition coefficient (Wildman–Crippen LogP) is 3.37. The average Bonchev–Trinajstić information content (AvgIpc) is 2.59. The fourth-order valence-corrected chi connectivity index (χ4v) is 2.93. The number of amides is 1. The summed E-state index contributed by atoms with van der Waals surface area (Å²) in [5, 5.41) is 6.60. The Morgan fingerprint density at radius 1 is 1.19 bits per heavy atom. The Morgan fingerprint density at radius 3 is 2.30 bits per heavy atom. The number of carbonyl (C=O) groups is 2. The molecule has 27 heavy (non-hydrogen) atoms. The number of thiocarbonyl (C=S) groups is 1. The topological polar surface area (TPSA) is 70.7 Å². The van der Waals surface area contributed by atoms with Crippen LogP contribution in [0.1, 0.15) is 46.2 Å². The molecule has 0 saturated carbocycles. The number of nitrogens with one attached hydrogen (secondary N) is 2. The van der Waals surface area contributed by atoms with Crippen molar-refractivity contribution in [3.05, 3.63) is 41.1 Å². The summed E-state index contributed by atoms with van der Waals surface area (Å²) in [6.07, 6.45) is -0.216. The molecular formula is C20H27N3O3S. The highest BCUT2D eigenvalue weighted by Gasteiger charge is 2.33. The van der Waals surface area contributed by atoms with Gasteiger partial charge in [-0.1, -0.05) is 26.0 Å². The molecule has 146 valence electrons. The smallest absolute Gasteiger partial charge is 0.338 e. The van der Waals surface area contributed by atoms with E-state index in [1.165, 1.54) is 0 Å². The lowest BCUT2D eigenvalue weighted by Gasteiger charge is -2.35. The van der Waals surface area contributed by atoms with Gasteiger partial charge in [-0.15, -0.1) is 0 Å². The molecule has 1 amide bonds. The summed E-state index contributed by atoms with van der Waals surface area (Å²) in [4.78, 5) is 26.3. The zero-order valence-electron chi connectivity index (χ0n) is 16.6. The molecule has 0 spiro atoms. The summed E-state index contributed by atoms with van der Waals surface area (Å²) < 4.78 is 5.43. The Balaban J connectivity index is 2.34. The third-order valence-electron chi connectivity index (χ3n) is 4.35. The van der Waals surface area contributed by atoms with Crippen LogP contribution in [0, 0.1) is 5.92 Å². The molecule has 1 atom stereocenters. The molecule has 2 N–H and O–H groups in total. The summed E-state index contributed by atoms with van der Waals surface area (Å²) >= 11 is 5.39. The molecule has 1 aliphatic heterocycles. The maximum absolute atomic E-state index is 12.7. The van der Waals surface area contributed by atoms with Crippen molar-refractivity contribution in [2.45, 2.75) is 46.8 Å². The standard InChI is InChI=1S/C20H27N3O3S/c1-11(2)18(24)21-15-9-7-14(8-10-15)17-16(19(25)26-12(3)4)13(5)23(6)20(27)22-17/h7-12,17H,1-6H3,(H,21,24)(H,22,27). The van der Waals surface area contributed by atoms with Crippen molar-refractivity contribution in [1.82, 2.24) is 10.2 Å². The molecule has 0 aliphatic carbocycles. The number of esters is 1. The van der Waals surface area contributed by atoms with Crippen LogP contribution in [-0.2, 0) is 14.3 Å². The minimum absolute atomic E-state index is 0.0433. The van der Waals surface area contributed by atoms with E-state index >= 15 is 0 Å². The molecule has 1 aromatic carbocycles. The van der Waals surface area contributed by atoms with E-state index in [1.54, 1.807) is 4.90 Å². The zero-order chi connectivity index (χ0) is 20.3. The van der Waals surface area contributed by atoms with Crippen LogP contribution in [0.4, 0.5) is 5.69 Å². The maximum atomic E-state index is 12.7. The minimum Gasteiger partial charge on any atom is -0.459 e. The van der Waals surface area contributed by atoms with E-state index in [2.05, 4.69) is 10.6 Å². The van der Waals surface area contributed by atoms with Crippen LogP contribution in [-0.4, -0.2) is 35.0 Å². The lowest BCUT2D eigenvalue weighted by Crippen LogP contribution is -2.46.